The topological polar surface area (TPSA) is 64.0 Å². The largest absolute Gasteiger partial charge is 0.346 e. The minimum atomic E-state index is -0.172. The van der Waals surface area contributed by atoms with Gasteiger partial charge in [0.1, 0.15) is 0 Å². The van der Waals surface area contributed by atoms with Gasteiger partial charge in [-0.05, 0) is 13.0 Å². The van der Waals surface area contributed by atoms with Gasteiger partial charge in [0.15, 0.2) is 10.9 Å². The number of thioether (sulfide) groups is 1. The lowest BCUT2D eigenvalue weighted by atomic mass is 10.2. The zero-order valence-electron chi connectivity index (χ0n) is 10.9. The van der Waals surface area contributed by atoms with Gasteiger partial charge in [-0.1, -0.05) is 11.8 Å². The van der Waals surface area contributed by atoms with Gasteiger partial charge in [-0.3, -0.25) is 9.59 Å². The normalized spacial score (nSPS) is 13.2. The van der Waals surface area contributed by atoms with Crippen molar-refractivity contribution in [2.75, 3.05) is 5.75 Å². The highest BCUT2D eigenvalue weighted by Gasteiger charge is 2.15. The molecule has 1 aliphatic rings. The molecule has 104 valence electrons. The third kappa shape index (κ3) is 2.64. The van der Waals surface area contributed by atoms with Gasteiger partial charge >= 0.3 is 0 Å². The maximum Gasteiger partial charge on any atom is 0.252 e. The molecular formula is C13H13N3O2S2. The van der Waals surface area contributed by atoms with Crippen molar-refractivity contribution < 1.29 is 9.59 Å². The molecule has 0 unspecified atom stereocenters. The van der Waals surface area contributed by atoms with Crippen molar-refractivity contribution in [1.82, 2.24) is 14.9 Å². The summed E-state index contributed by atoms with van der Waals surface area (Å²) in [7, 11) is 0. The summed E-state index contributed by atoms with van der Waals surface area (Å²) >= 11 is 3.02. The molecule has 7 heteroatoms. The lowest BCUT2D eigenvalue weighted by molar-refractivity contribution is 0.0951. The second-order valence-electron chi connectivity index (χ2n) is 4.50. The molecule has 0 aliphatic carbocycles. The summed E-state index contributed by atoms with van der Waals surface area (Å²) in [6, 6.07) is 1.63. The van der Waals surface area contributed by atoms with E-state index >= 15 is 0 Å². The first-order valence-electron chi connectivity index (χ1n) is 6.20. The Bertz CT molecular complexity index is 653. The zero-order valence-corrected chi connectivity index (χ0v) is 12.5. The van der Waals surface area contributed by atoms with Crippen LogP contribution in [0.4, 0.5) is 0 Å². The highest BCUT2D eigenvalue weighted by Crippen LogP contribution is 2.24. The van der Waals surface area contributed by atoms with Gasteiger partial charge in [-0.2, -0.15) is 0 Å². The first-order chi connectivity index (χ1) is 9.63. The molecule has 0 radical (unpaired) electrons. The second kappa shape index (κ2) is 5.41. The summed E-state index contributed by atoms with van der Waals surface area (Å²) in [5.74, 6) is 0.878. The van der Waals surface area contributed by atoms with E-state index in [1.165, 1.54) is 18.3 Å². The van der Waals surface area contributed by atoms with E-state index in [1.807, 2.05) is 6.20 Å². The van der Waals surface area contributed by atoms with E-state index in [-0.39, 0.29) is 11.7 Å². The molecule has 3 rings (SSSR count). The molecule has 0 saturated carbocycles. The van der Waals surface area contributed by atoms with Crippen LogP contribution in [-0.4, -0.2) is 27.0 Å². The molecule has 0 bridgehead atoms. The number of rotatable bonds is 4. The lowest BCUT2D eigenvalue weighted by Crippen LogP contribution is -2.22. The quantitative estimate of drug-likeness (QED) is 0.879. The molecule has 0 fully saturated rings. The number of hydrogen-bond acceptors (Lipinski definition) is 5. The minimum Gasteiger partial charge on any atom is -0.346 e. The standard InChI is InChI=1S/C13H13N3O2S2/c1-8(17)11-4-9(7-20-11)12(18)14-5-10-6-16-2-3-19-13(16)15-10/h4,6-7H,2-3,5H2,1H3,(H,14,18). The van der Waals surface area contributed by atoms with Crippen LogP contribution in [0.3, 0.4) is 0 Å². The Balaban J connectivity index is 1.62. The fourth-order valence-corrected chi connectivity index (χ4v) is 3.71. The maximum atomic E-state index is 12.0. The van der Waals surface area contributed by atoms with Gasteiger partial charge < -0.3 is 9.88 Å². The third-order valence-electron chi connectivity index (χ3n) is 2.99. The van der Waals surface area contributed by atoms with Crippen molar-refractivity contribution in [3.63, 3.8) is 0 Å². The fourth-order valence-electron chi connectivity index (χ4n) is 1.96. The van der Waals surface area contributed by atoms with E-state index in [0.29, 0.717) is 17.0 Å². The number of imidazole rings is 1. The summed E-state index contributed by atoms with van der Waals surface area (Å²) in [5.41, 5.74) is 1.39. The summed E-state index contributed by atoms with van der Waals surface area (Å²) in [4.78, 5) is 28.2. The van der Waals surface area contributed by atoms with Crippen molar-refractivity contribution in [2.45, 2.75) is 25.2 Å². The average Bonchev–Trinajstić information content (AvgIpc) is 3.10. The van der Waals surface area contributed by atoms with Crippen LogP contribution >= 0.6 is 23.1 Å². The van der Waals surface area contributed by atoms with Crippen molar-refractivity contribution in [3.8, 4) is 0 Å². The van der Waals surface area contributed by atoms with Crippen LogP contribution in [0.5, 0.6) is 0 Å². The molecule has 20 heavy (non-hydrogen) atoms. The number of ketones is 1. The molecular weight excluding hydrogens is 294 g/mol. The smallest absolute Gasteiger partial charge is 0.252 e. The number of thiophene rings is 1. The Kier molecular flexibility index (Phi) is 3.62. The molecule has 5 nitrogen and oxygen atoms in total. The van der Waals surface area contributed by atoms with E-state index in [4.69, 9.17) is 0 Å². The molecule has 1 aliphatic heterocycles. The van der Waals surface area contributed by atoms with Gasteiger partial charge in [-0.15, -0.1) is 11.3 Å². The number of nitrogens with zero attached hydrogens (tertiary/aromatic N) is 2. The fraction of sp³-hybridized carbons (Fsp3) is 0.308. The maximum absolute atomic E-state index is 12.0. The van der Waals surface area contributed by atoms with E-state index in [1.54, 1.807) is 23.2 Å². The van der Waals surface area contributed by atoms with E-state index in [2.05, 4.69) is 14.9 Å². The Morgan fingerprint density at radius 2 is 2.35 bits per heavy atom. The molecule has 2 aromatic heterocycles. The predicted octanol–water partition coefficient (Wildman–Crippen LogP) is 2.18. The molecule has 0 spiro atoms. The highest BCUT2D eigenvalue weighted by molar-refractivity contribution is 7.99. The first-order valence-corrected chi connectivity index (χ1v) is 8.06. The zero-order chi connectivity index (χ0) is 14.1. The lowest BCUT2D eigenvalue weighted by Gasteiger charge is -2.00. The summed E-state index contributed by atoms with van der Waals surface area (Å²) in [5, 5.41) is 5.55. The molecule has 0 saturated heterocycles. The van der Waals surface area contributed by atoms with E-state index in [0.717, 1.165) is 23.1 Å². The number of aryl methyl sites for hydroxylation is 1. The van der Waals surface area contributed by atoms with Crippen LogP contribution in [0.2, 0.25) is 0 Å². The van der Waals surface area contributed by atoms with Crippen molar-refractivity contribution in [3.05, 3.63) is 33.8 Å². The van der Waals surface area contributed by atoms with E-state index < -0.39 is 0 Å². The molecule has 0 aromatic carbocycles. The van der Waals surface area contributed by atoms with Crippen LogP contribution in [0.25, 0.3) is 0 Å². The molecule has 0 atom stereocenters. The van der Waals surface area contributed by atoms with E-state index in [9.17, 15) is 9.59 Å². The van der Waals surface area contributed by atoms with Crippen molar-refractivity contribution in [1.29, 1.82) is 0 Å². The number of carbonyl (C=O) groups is 2. The first kappa shape index (κ1) is 13.4. The van der Waals surface area contributed by atoms with Gasteiger partial charge in [0.25, 0.3) is 5.91 Å². The molecule has 2 aromatic rings. The predicted molar refractivity (Wildman–Crippen MR) is 78.4 cm³/mol. The summed E-state index contributed by atoms with van der Waals surface area (Å²) < 4.78 is 2.10. The monoisotopic (exact) mass is 307 g/mol. The molecule has 1 N–H and O–H groups in total. The number of nitrogens with one attached hydrogen (secondary N) is 1. The highest BCUT2D eigenvalue weighted by atomic mass is 32.2. The second-order valence-corrected chi connectivity index (χ2v) is 6.47. The Labute approximate surface area is 124 Å². The van der Waals surface area contributed by atoms with Crippen LogP contribution in [0.1, 0.15) is 32.6 Å². The molecule has 3 heterocycles. The third-order valence-corrected chi connectivity index (χ3v) is 4.99. The number of aromatic nitrogens is 2. The Hall–Kier alpha value is -1.60. The van der Waals surface area contributed by atoms with Crippen molar-refractivity contribution in [2.24, 2.45) is 0 Å². The van der Waals surface area contributed by atoms with Gasteiger partial charge in [0, 0.05) is 23.9 Å². The minimum absolute atomic E-state index is 0.0170. The van der Waals surface area contributed by atoms with Gasteiger partial charge in [0.05, 0.1) is 22.7 Å². The van der Waals surface area contributed by atoms with Crippen LogP contribution < -0.4 is 5.32 Å². The number of fused-ring (bicyclic) bond motifs is 1. The van der Waals surface area contributed by atoms with Crippen LogP contribution in [0, 0.1) is 0 Å². The number of carbonyl (C=O) groups excluding carboxylic acids is 2. The Morgan fingerprint density at radius 3 is 3.05 bits per heavy atom. The number of amides is 1. The van der Waals surface area contributed by atoms with Crippen LogP contribution in [0.15, 0.2) is 22.8 Å². The van der Waals surface area contributed by atoms with Crippen molar-refractivity contribution >= 4 is 34.8 Å². The van der Waals surface area contributed by atoms with Gasteiger partial charge in [-0.25, -0.2) is 4.98 Å². The summed E-state index contributed by atoms with van der Waals surface area (Å²) in [6.45, 7) is 2.88. The van der Waals surface area contributed by atoms with Crippen LogP contribution in [-0.2, 0) is 13.1 Å². The SMILES string of the molecule is CC(=O)c1cc(C(=O)NCc2cn3c(n2)SCC3)cs1. The summed E-state index contributed by atoms with van der Waals surface area (Å²) in [6.07, 6.45) is 1.98. The number of hydrogen-bond donors (Lipinski definition) is 1. The molecule has 1 amide bonds. The average molecular weight is 307 g/mol. The van der Waals surface area contributed by atoms with Gasteiger partial charge in [0.2, 0.25) is 0 Å². The Morgan fingerprint density at radius 1 is 1.50 bits per heavy atom. The number of Topliss-reactive ketones (excluding diaryl/α,β-unsaturated/α-hetero) is 1.